The van der Waals surface area contributed by atoms with Gasteiger partial charge in [0.05, 0.1) is 12.2 Å². The Balaban J connectivity index is 1.83. The van der Waals surface area contributed by atoms with Crippen LogP contribution in [0.2, 0.25) is 0 Å². The summed E-state index contributed by atoms with van der Waals surface area (Å²) in [4.78, 5) is 4.47. The van der Waals surface area contributed by atoms with Crippen molar-refractivity contribution in [1.29, 1.82) is 0 Å². The van der Waals surface area contributed by atoms with Gasteiger partial charge in [0.15, 0.2) is 6.10 Å². The molecule has 3 rings (SSSR count). The number of para-hydroxylation sites is 1. The van der Waals surface area contributed by atoms with Crippen molar-refractivity contribution in [3.8, 4) is 0 Å². The third kappa shape index (κ3) is 3.21. The molecule has 126 valence electrons. The predicted octanol–water partition coefficient (Wildman–Crippen LogP) is 3.85. The van der Waals surface area contributed by atoms with Gasteiger partial charge in [-0.3, -0.25) is 0 Å². The first-order chi connectivity index (χ1) is 11.4. The monoisotopic (exact) mass is 335 g/mol. The van der Waals surface area contributed by atoms with Crippen molar-refractivity contribution >= 4 is 11.3 Å². The highest BCUT2D eigenvalue weighted by Crippen LogP contribution is 2.36. The number of hydrogen-bond acceptors (Lipinski definition) is 3. The Bertz CT molecular complexity index is 858. The van der Waals surface area contributed by atoms with Crippen molar-refractivity contribution in [3.63, 3.8) is 0 Å². The van der Waals surface area contributed by atoms with E-state index < -0.39 is 12.3 Å². The summed E-state index contributed by atoms with van der Waals surface area (Å²) < 4.78 is 40.2. The molecule has 24 heavy (non-hydrogen) atoms. The van der Waals surface area contributed by atoms with Crippen molar-refractivity contribution < 1.29 is 18.3 Å². The molecule has 0 saturated carbocycles. The van der Waals surface area contributed by atoms with Crippen LogP contribution in [0.15, 0.2) is 48.8 Å². The minimum Gasteiger partial charge on any atom is -0.379 e. The van der Waals surface area contributed by atoms with Crippen LogP contribution >= 0.6 is 0 Å². The largest absolute Gasteiger partial charge is 0.418 e. The molecule has 3 aromatic rings. The first-order valence-corrected chi connectivity index (χ1v) is 7.37. The first kappa shape index (κ1) is 16.3. The number of anilines is 1. The molecule has 2 N–H and O–H groups in total. The van der Waals surface area contributed by atoms with Crippen molar-refractivity contribution in [2.45, 2.75) is 25.7 Å². The minimum atomic E-state index is -4.71. The van der Waals surface area contributed by atoms with Crippen LogP contribution in [-0.4, -0.2) is 20.7 Å². The summed E-state index contributed by atoms with van der Waals surface area (Å²) in [6.07, 6.45) is -3.56. The Labute approximate surface area is 136 Å². The molecule has 1 aromatic carbocycles. The molecule has 2 heterocycles. The molecule has 0 saturated heterocycles. The van der Waals surface area contributed by atoms with Gasteiger partial charge in [-0.1, -0.05) is 24.3 Å². The number of aryl methyl sites for hydroxylation is 1. The Morgan fingerprint density at radius 1 is 1.21 bits per heavy atom. The highest BCUT2D eigenvalue weighted by atomic mass is 19.4. The quantitative estimate of drug-likeness (QED) is 0.761. The zero-order chi connectivity index (χ0) is 17.3. The molecule has 0 aliphatic carbocycles. The molecule has 0 aliphatic rings. The zero-order valence-corrected chi connectivity index (χ0v) is 12.9. The zero-order valence-electron chi connectivity index (χ0n) is 12.9. The SMILES string of the molecule is Cc1cccn2cc(CNc3ccccc3[C@@H](O)C(F)(F)F)nc12. The summed E-state index contributed by atoms with van der Waals surface area (Å²) in [5, 5.41) is 12.4. The molecule has 0 amide bonds. The highest BCUT2D eigenvalue weighted by molar-refractivity contribution is 5.53. The third-order valence-corrected chi connectivity index (χ3v) is 3.75. The van der Waals surface area contributed by atoms with E-state index in [0.29, 0.717) is 5.69 Å². The number of aromatic nitrogens is 2. The van der Waals surface area contributed by atoms with Gasteiger partial charge in [-0.2, -0.15) is 13.2 Å². The van der Waals surface area contributed by atoms with Gasteiger partial charge in [-0.05, 0) is 24.6 Å². The molecule has 4 nitrogen and oxygen atoms in total. The molecule has 1 atom stereocenters. The van der Waals surface area contributed by atoms with Gasteiger partial charge in [0.1, 0.15) is 5.65 Å². The molecule has 0 bridgehead atoms. The van der Waals surface area contributed by atoms with Crippen LogP contribution in [-0.2, 0) is 6.54 Å². The Morgan fingerprint density at radius 3 is 2.67 bits per heavy atom. The number of pyridine rings is 1. The molecule has 0 fully saturated rings. The number of rotatable bonds is 4. The fraction of sp³-hybridized carbons (Fsp3) is 0.235. The third-order valence-electron chi connectivity index (χ3n) is 3.75. The average Bonchev–Trinajstić information content (AvgIpc) is 2.96. The van der Waals surface area contributed by atoms with E-state index in [1.165, 1.54) is 18.2 Å². The second-order valence-electron chi connectivity index (χ2n) is 5.54. The van der Waals surface area contributed by atoms with Gasteiger partial charge in [0, 0.05) is 23.6 Å². The lowest BCUT2D eigenvalue weighted by molar-refractivity contribution is -0.206. The average molecular weight is 335 g/mol. The number of aliphatic hydroxyl groups is 1. The topological polar surface area (TPSA) is 49.6 Å². The van der Waals surface area contributed by atoms with Crippen molar-refractivity contribution in [3.05, 3.63) is 65.6 Å². The van der Waals surface area contributed by atoms with E-state index in [0.717, 1.165) is 11.2 Å². The number of fused-ring (bicyclic) bond motifs is 1. The minimum absolute atomic E-state index is 0.204. The summed E-state index contributed by atoms with van der Waals surface area (Å²) in [6.45, 7) is 2.19. The fourth-order valence-electron chi connectivity index (χ4n) is 2.55. The number of nitrogens with zero attached hydrogens (tertiary/aromatic N) is 2. The molecule has 0 aliphatic heterocycles. The summed E-state index contributed by atoms with van der Waals surface area (Å²) in [7, 11) is 0. The predicted molar refractivity (Wildman–Crippen MR) is 84.7 cm³/mol. The number of alkyl halides is 3. The summed E-state index contributed by atoms with van der Waals surface area (Å²) in [5.74, 6) is 0. The van der Waals surface area contributed by atoms with Gasteiger partial charge in [0.25, 0.3) is 0 Å². The lowest BCUT2D eigenvalue weighted by Gasteiger charge is -2.18. The smallest absolute Gasteiger partial charge is 0.379 e. The van der Waals surface area contributed by atoms with E-state index >= 15 is 0 Å². The van der Waals surface area contributed by atoms with Crippen molar-refractivity contribution in [2.75, 3.05) is 5.32 Å². The van der Waals surface area contributed by atoms with Gasteiger partial charge in [-0.15, -0.1) is 0 Å². The van der Waals surface area contributed by atoms with E-state index in [4.69, 9.17) is 0 Å². The van der Waals surface area contributed by atoms with Crippen LogP contribution < -0.4 is 5.32 Å². The summed E-state index contributed by atoms with van der Waals surface area (Å²) in [6, 6.07) is 9.68. The van der Waals surface area contributed by atoms with Gasteiger partial charge >= 0.3 is 6.18 Å². The number of nitrogens with one attached hydrogen (secondary N) is 1. The van der Waals surface area contributed by atoms with E-state index in [9.17, 15) is 18.3 Å². The standard InChI is InChI=1S/C17H16F3N3O/c1-11-5-4-8-23-10-12(22-16(11)23)9-21-14-7-3-2-6-13(14)15(24)17(18,19)20/h2-8,10,15,21,24H,9H2,1H3/t15-/m1/s1. The van der Waals surface area contributed by atoms with Crippen LogP contribution in [0.25, 0.3) is 5.65 Å². The Hall–Kier alpha value is -2.54. The van der Waals surface area contributed by atoms with Crippen molar-refractivity contribution in [1.82, 2.24) is 9.38 Å². The van der Waals surface area contributed by atoms with Crippen LogP contribution in [0.5, 0.6) is 0 Å². The van der Waals surface area contributed by atoms with Crippen LogP contribution in [0, 0.1) is 6.92 Å². The van der Waals surface area contributed by atoms with E-state index in [2.05, 4.69) is 10.3 Å². The van der Waals surface area contributed by atoms with Gasteiger partial charge < -0.3 is 14.8 Å². The second-order valence-corrected chi connectivity index (χ2v) is 5.54. The number of aliphatic hydroxyl groups excluding tert-OH is 1. The summed E-state index contributed by atoms with van der Waals surface area (Å²) >= 11 is 0. The normalized spacial score (nSPS) is 13.2. The first-order valence-electron chi connectivity index (χ1n) is 7.37. The van der Waals surface area contributed by atoms with Gasteiger partial charge in [-0.25, -0.2) is 4.98 Å². The van der Waals surface area contributed by atoms with Crippen LogP contribution in [0.1, 0.15) is 22.9 Å². The number of hydrogen-bond donors (Lipinski definition) is 2. The van der Waals surface area contributed by atoms with E-state index in [1.54, 1.807) is 6.07 Å². The molecule has 7 heteroatoms. The summed E-state index contributed by atoms with van der Waals surface area (Å²) in [5.41, 5.74) is 2.54. The maximum absolute atomic E-state index is 12.8. The van der Waals surface area contributed by atoms with E-state index in [-0.39, 0.29) is 17.8 Å². The lowest BCUT2D eigenvalue weighted by Crippen LogP contribution is -2.21. The van der Waals surface area contributed by atoms with E-state index in [1.807, 2.05) is 35.9 Å². The molecule has 2 aromatic heterocycles. The van der Waals surface area contributed by atoms with Crippen molar-refractivity contribution in [2.24, 2.45) is 0 Å². The van der Waals surface area contributed by atoms with Gasteiger partial charge in [0.2, 0.25) is 0 Å². The number of halogens is 3. The Kier molecular flexibility index (Phi) is 4.19. The van der Waals surface area contributed by atoms with Crippen LogP contribution in [0.4, 0.5) is 18.9 Å². The molecule has 0 spiro atoms. The highest BCUT2D eigenvalue weighted by Gasteiger charge is 2.40. The lowest BCUT2D eigenvalue weighted by atomic mass is 10.1. The maximum atomic E-state index is 12.8. The Morgan fingerprint density at radius 2 is 1.96 bits per heavy atom. The number of imidazole rings is 1. The number of benzene rings is 1. The van der Waals surface area contributed by atoms with Crippen LogP contribution in [0.3, 0.4) is 0 Å². The molecule has 0 unspecified atom stereocenters. The fourth-order valence-corrected chi connectivity index (χ4v) is 2.55. The molecular formula is C17H16F3N3O. The molecule has 0 radical (unpaired) electrons. The second kappa shape index (κ2) is 6.16. The molecular weight excluding hydrogens is 319 g/mol. The maximum Gasteiger partial charge on any atom is 0.418 e.